The predicted octanol–water partition coefficient (Wildman–Crippen LogP) is 4.64. The van der Waals surface area contributed by atoms with Crippen molar-refractivity contribution in [2.75, 3.05) is 11.4 Å². The molecule has 2 bridgehead atoms. The molecular formula is C19H22N4S. The Balaban J connectivity index is 1.68. The molecule has 1 saturated heterocycles. The minimum atomic E-state index is 0.401. The number of hydrogen-bond donors (Lipinski definition) is 0. The van der Waals surface area contributed by atoms with Crippen molar-refractivity contribution in [3.8, 4) is 0 Å². The van der Waals surface area contributed by atoms with Crippen molar-refractivity contribution in [1.29, 1.82) is 0 Å². The minimum Gasteiger partial charge on any atom is -0.352 e. The number of nitrogens with zero attached hydrogens (tertiary/aromatic N) is 4. The highest BCUT2D eigenvalue weighted by Crippen LogP contribution is 2.54. The topological polar surface area (TPSA) is 41.9 Å². The summed E-state index contributed by atoms with van der Waals surface area (Å²) in [7, 11) is 0. The summed E-state index contributed by atoms with van der Waals surface area (Å²) in [6.07, 6.45) is 7.42. The molecule has 1 saturated carbocycles. The van der Waals surface area contributed by atoms with Crippen molar-refractivity contribution < 1.29 is 0 Å². The Kier molecular flexibility index (Phi) is 2.83. The lowest BCUT2D eigenvalue weighted by Crippen LogP contribution is -2.35. The van der Waals surface area contributed by atoms with Crippen LogP contribution in [0.1, 0.15) is 40.0 Å². The Hall–Kier alpha value is -1.75. The second kappa shape index (κ2) is 4.66. The summed E-state index contributed by atoms with van der Waals surface area (Å²) in [5.74, 6) is 1.12. The third kappa shape index (κ3) is 2.07. The van der Waals surface area contributed by atoms with Crippen molar-refractivity contribution >= 4 is 37.6 Å². The van der Waals surface area contributed by atoms with Crippen LogP contribution in [0.4, 0.5) is 5.82 Å². The maximum atomic E-state index is 4.72. The van der Waals surface area contributed by atoms with Crippen molar-refractivity contribution in [1.82, 2.24) is 15.0 Å². The monoisotopic (exact) mass is 338 g/mol. The molecule has 24 heavy (non-hydrogen) atoms. The quantitative estimate of drug-likeness (QED) is 0.648. The van der Waals surface area contributed by atoms with E-state index in [0.29, 0.717) is 16.9 Å². The molecular weight excluding hydrogens is 316 g/mol. The van der Waals surface area contributed by atoms with Crippen LogP contribution in [-0.2, 0) is 0 Å². The van der Waals surface area contributed by atoms with Crippen LogP contribution in [0.2, 0.25) is 0 Å². The van der Waals surface area contributed by atoms with E-state index in [-0.39, 0.29) is 0 Å². The molecule has 5 heteroatoms. The molecule has 0 amide bonds. The highest BCUT2D eigenvalue weighted by atomic mass is 32.1. The fourth-order valence-corrected chi connectivity index (χ4v) is 6.41. The van der Waals surface area contributed by atoms with Gasteiger partial charge in [0.2, 0.25) is 0 Å². The molecule has 124 valence electrons. The molecule has 2 aliphatic rings. The maximum Gasteiger partial charge on any atom is 0.150 e. The SMILES string of the molecule is CC1(C)CC2CC(C)(CN2c2ncnc3c2sc2ncccc23)C1. The lowest BCUT2D eigenvalue weighted by molar-refractivity contribution is 0.136. The van der Waals surface area contributed by atoms with E-state index in [9.17, 15) is 0 Å². The molecule has 2 fully saturated rings. The lowest BCUT2D eigenvalue weighted by Gasteiger charge is -2.39. The van der Waals surface area contributed by atoms with Crippen molar-refractivity contribution in [2.45, 2.75) is 46.1 Å². The van der Waals surface area contributed by atoms with Crippen molar-refractivity contribution in [2.24, 2.45) is 10.8 Å². The van der Waals surface area contributed by atoms with Gasteiger partial charge in [0.15, 0.2) is 0 Å². The average Bonchev–Trinajstić information content (AvgIpc) is 3.00. The number of thiophene rings is 1. The van der Waals surface area contributed by atoms with E-state index in [1.54, 1.807) is 17.7 Å². The van der Waals surface area contributed by atoms with Gasteiger partial charge in [0, 0.05) is 24.2 Å². The Labute approximate surface area is 145 Å². The Morgan fingerprint density at radius 3 is 2.92 bits per heavy atom. The van der Waals surface area contributed by atoms with Gasteiger partial charge in [-0.2, -0.15) is 0 Å². The molecule has 3 aromatic heterocycles. The standard InChI is InChI=1S/C19H22N4S/c1-18(2)7-12-8-19(3,9-18)10-23(12)16-15-14(21-11-22-16)13-5-4-6-20-17(13)24-15/h4-6,11-12H,7-10H2,1-3H3. The van der Waals surface area contributed by atoms with Crippen LogP contribution < -0.4 is 4.90 Å². The van der Waals surface area contributed by atoms with Crippen LogP contribution in [0.5, 0.6) is 0 Å². The first kappa shape index (κ1) is 14.6. The van der Waals surface area contributed by atoms with E-state index in [0.717, 1.165) is 28.1 Å². The van der Waals surface area contributed by atoms with Crippen LogP contribution in [0, 0.1) is 10.8 Å². The highest BCUT2D eigenvalue weighted by molar-refractivity contribution is 7.25. The highest BCUT2D eigenvalue weighted by Gasteiger charge is 2.50. The first-order valence-corrected chi connectivity index (χ1v) is 9.51. The van der Waals surface area contributed by atoms with Crippen LogP contribution in [0.25, 0.3) is 20.4 Å². The largest absolute Gasteiger partial charge is 0.352 e. The Morgan fingerprint density at radius 1 is 1.17 bits per heavy atom. The zero-order valence-electron chi connectivity index (χ0n) is 14.4. The van der Waals surface area contributed by atoms with Gasteiger partial charge in [-0.1, -0.05) is 20.8 Å². The summed E-state index contributed by atoms with van der Waals surface area (Å²) in [5.41, 5.74) is 1.87. The van der Waals surface area contributed by atoms with E-state index < -0.39 is 0 Å². The number of fused-ring (bicyclic) bond motifs is 5. The third-order valence-electron chi connectivity index (χ3n) is 5.70. The van der Waals surface area contributed by atoms with E-state index in [1.165, 1.54) is 24.0 Å². The summed E-state index contributed by atoms with van der Waals surface area (Å²) < 4.78 is 1.19. The Bertz CT molecular complexity index is 947. The smallest absolute Gasteiger partial charge is 0.150 e. The average molecular weight is 338 g/mol. The maximum absolute atomic E-state index is 4.72. The summed E-state index contributed by atoms with van der Waals surface area (Å²) in [5, 5.41) is 1.15. The predicted molar refractivity (Wildman–Crippen MR) is 99.6 cm³/mol. The molecule has 1 aliphatic carbocycles. The fraction of sp³-hybridized carbons (Fsp3) is 0.526. The van der Waals surface area contributed by atoms with Crippen LogP contribution in [0.3, 0.4) is 0 Å². The summed E-state index contributed by atoms with van der Waals surface area (Å²) in [6.45, 7) is 8.39. The molecule has 1 aliphatic heterocycles. The number of rotatable bonds is 1. The van der Waals surface area contributed by atoms with Gasteiger partial charge < -0.3 is 4.90 Å². The van der Waals surface area contributed by atoms with Gasteiger partial charge in [0.1, 0.15) is 17.0 Å². The van der Waals surface area contributed by atoms with Crippen molar-refractivity contribution in [3.63, 3.8) is 0 Å². The van der Waals surface area contributed by atoms with E-state index in [2.05, 4.69) is 41.7 Å². The second-order valence-electron chi connectivity index (χ2n) is 8.67. The van der Waals surface area contributed by atoms with Gasteiger partial charge in [0.05, 0.1) is 10.2 Å². The molecule has 0 radical (unpaired) electrons. The molecule has 4 nitrogen and oxygen atoms in total. The number of aromatic nitrogens is 3. The second-order valence-corrected chi connectivity index (χ2v) is 9.67. The van der Waals surface area contributed by atoms with Crippen LogP contribution in [-0.4, -0.2) is 27.5 Å². The lowest BCUT2D eigenvalue weighted by atomic mass is 9.65. The minimum absolute atomic E-state index is 0.401. The molecule has 2 unspecified atom stereocenters. The first-order chi connectivity index (χ1) is 11.4. The van der Waals surface area contributed by atoms with Gasteiger partial charge in [0.25, 0.3) is 0 Å². The zero-order chi connectivity index (χ0) is 16.5. The van der Waals surface area contributed by atoms with Crippen molar-refractivity contribution in [3.05, 3.63) is 24.7 Å². The Morgan fingerprint density at radius 2 is 2.04 bits per heavy atom. The van der Waals surface area contributed by atoms with E-state index in [4.69, 9.17) is 4.98 Å². The van der Waals surface area contributed by atoms with Crippen LogP contribution >= 0.6 is 11.3 Å². The van der Waals surface area contributed by atoms with Crippen LogP contribution in [0.15, 0.2) is 24.7 Å². The van der Waals surface area contributed by atoms with Gasteiger partial charge >= 0.3 is 0 Å². The summed E-state index contributed by atoms with van der Waals surface area (Å²) in [6, 6.07) is 4.70. The van der Waals surface area contributed by atoms with E-state index >= 15 is 0 Å². The molecule has 5 rings (SSSR count). The zero-order valence-corrected chi connectivity index (χ0v) is 15.2. The molecule has 2 atom stereocenters. The fourth-order valence-electron chi connectivity index (χ4n) is 5.31. The molecule has 0 spiro atoms. The normalized spacial score (nSPS) is 28.8. The number of hydrogen-bond acceptors (Lipinski definition) is 5. The third-order valence-corrected chi connectivity index (χ3v) is 6.80. The summed E-state index contributed by atoms with van der Waals surface area (Å²) in [4.78, 5) is 17.4. The van der Waals surface area contributed by atoms with Gasteiger partial charge in [-0.15, -0.1) is 11.3 Å². The molecule has 0 aromatic carbocycles. The van der Waals surface area contributed by atoms with Gasteiger partial charge in [-0.25, -0.2) is 15.0 Å². The van der Waals surface area contributed by atoms with Gasteiger partial charge in [-0.3, -0.25) is 0 Å². The molecule has 0 N–H and O–H groups in total. The number of pyridine rings is 1. The summed E-state index contributed by atoms with van der Waals surface area (Å²) >= 11 is 1.73. The molecule has 4 heterocycles. The number of anilines is 1. The molecule has 3 aromatic rings. The van der Waals surface area contributed by atoms with Gasteiger partial charge in [-0.05, 0) is 42.2 Å². The first-order valence-electron chi connectivity index (χ1n) is 8.69. The van der Waals surface area contributed by atoms with E-state index in [1.807, 2.05) is 12.3 Å².